The summed E-state index contributed by atoms with van der Waals surface area (Å²) in [5.41, 5.74) is 9.33. The van der Waals surface area contributed by atoms with Crippen molar-refractivity contribution in [2.45, 2.75) is 6.42 Å². The maximum atomic E-state index is 6.23. The van der Waals surface area contributed by atoms with Crippen molar-refractivity contribution < 1.29 is 4.74 Å². The summed E-state index contributed by atoms with van der Waals surface area (Å²) < 4.78 is 5.42. The highest BCUT2D eigenvalue weighted by Crippen LogP contribution is 2.37. The molecule has 2 aromatic rings. The number of ether oxygens (including phenoxy) is 1. The zero-order valence-corrected chi connectivity index (χ0v) is 13.0. The van der Waals surface area contributed by atoms with Gasteiger partial charge in [-0.15, -0.1) is 0 Å². The van der Waals surface area contributed by atoms with Crippen LogP contribution < -0.4 is 10.5 Å². The molecule has 112 valence electrons. The summed E-state index contributed by atoms with van der Waals surface area (Å²) in [5, 5.41) is 0.577. The first kappa shape index (κ1) is 14.6. The molecule has 0 saturated carbocycles. The lowest BCUT2D eigenvalue weighted by Gasteiger charge is -2.16. The van der Waals surface area contributed by atoms with Gasteiger partial charge in [-0.05, 0) is 6.07 Å². The van der Waals surface area contributed by atoms with Crippen LogP contribution in [0.15, 0.2) is 52.4 Å². The molecular weight excluding hydrogens is 298 g/mol. The second-order valence-electron chi connectivity index (χ2n) is 4.95. The fourth-order valence-corrected chi connectivity index (χ4v) is 2.64. The van der Waals surface area contributed by atoms with E-state index < -0.39 is 0 Å². The van der Waals surface area contributed by atoms with E-state index in [4.69, 9.17) is 27.1 Å². The van der Waals surface area contributed by atoms with Crippen molar-refractivity contribution in [1.82, 2.24) is 0 Å². The van der Waals surface area contributed by atoms with E-state index in [0.717, 1.165) is 16.8 Å². The van der Waals surface area contributed by atoms with Crippen molar-refractivity contribution in [2.75, 3.05) is 13.7 Å². The Morgan fingerprint density at radius 2 is 1.95 bits per heavy atom. The summed E-state index contributed by atoms with van der Waals surface area (Å²) >= 11 is 6.23. The number of nitrogens with zero attached hydrogens (tertiary/aromatic N) is 2. The molecule has 0 spiro atoms. The lowest BCUT2D eigenvalue weighted by Crippen LogP contribution is -2.16. The lowest BCUT2D eigenvalue weighted by atomic mass is 9.99. The SMILES string of the molecule is COc1cc(Cl)cc2c1N=C(N)CCN=C2c1ccccc1. The van der Waals surface area contributed by atoms with E-state index in [1.165, 1.54) is 0 Å². The van der Waals surface area contributed by atoms with E-state index in [1.807, 2.05) is 36.4 Å². The van der Waals surface area contributed by atoms with E-state index in [0.29, 0.717) is 35.3 Å². The first-order chi connectivity index (χ1) is 10.7. The van der Waals surface area contributed by atoms with Crippen molar-refractivity contribution in [3.05, 3.63) is 58.6 Å². The zero-order chi connectivity index (χ0) is 15.5. The van der Waals surface area contributed by atoms with Gasteiger partial charge >= 0.3 is 0 Å². The summed E-state index contributed by atoms with van der Waals surface area (Å²) in [6.07, 6.45) is 0.613. The molecule has 0 fully saturated rings. The Morgan fingerprint density at radius 3 is 2.68 bits per heavy atom. The molecule has 2 aromatic carbocycles. The van der Waals surface area contributed by atoms with Crippen LogP contribution in [0.1, 0.15) is 17.5 Å². The first-order valence-electron chi connectivity index (χ1n) is 7.00. The molecule has 1 aliphatic rings. The Balaban J connectivity index is 2.27. The fraction of sp³-hybridized carbons (Fsp3) is 0.176. The molecule has 2 N–H and O–H groups in total. The molecule has 1 aliphatic heterocycles. The van der Waals surface area contributed by atoms with Gasteiger partial charge < -0.3 is 10.5 Å². The topological polar surface area (TPSA) is 60.0 Å². The zero-order valence-electron chi connectivity index (χ0n) is 12.2. The van der Waals surface area contributed by atoms with Gasteiger partial charge in [-0.25, -0.2) is 4.99 Å². The number of halogens is 1. The maximum Gasteiger partial charge on any atom is 0.146 e. The van der Waals surface area contributed by atoms with Gasteiger partial charge in [-0.2, -0.15) is 0 Å². The third-order valence-electron chi connectivity index (χ3n) is 3.46. The number of benzene rings is 2. The minimum Gasteiger partial charge on any atom is -0.494 e. The highest BCUT2D eigenvalue weighted by atomic mass is 35.5. The van der Waals surface area contributed by atoms with Crippen molar-refractivity contribution >= 4 is 28.8 Å². The van der Waals surface area contributed by atoms with E-state index >= 15 is 0 Å². The number of rotatable bonds is 2. The molecule has 0 bridgehead atoms. The molecule has 0 radical (unpaired) electrons. The molecular formula is C17H16ClN3O. The van der Waals surface area contributed by atoms with Crippen molar-refractivity contribution in [3.8, 4) is 5.75 Å². The van der Waals surface area contributed by atoms with E-state index in [9.17, 15) is 0 Å². The fourth-order valence-electron chi connectivity index (χ4n) is 2.44. The van der Waals surface area contributed by atoms with Gasteiger partial charge in [0, 0.05) is 35.2 Å². The second kappa shape index (κ2) is 6.20. The van der Waals surface area contributed by atoms with Crippen LogP contribution in [0.3, 0.4) is 0 Å². The molecule has 0 unspecified atom stereocenters. The van der Waals surface area contributed by atoms with Gasteiger partial charge in [-0.3, -0.25) is 4.99 Å². The van der Waals surface area contributed by atoms with Gasteiger partial charge in [0.2, 0.25) is 0 Å². The summed E-state index contributed by atoms with van der Waals surface area (Å²) in [6.45, 7) is 0.591. The Kier molecular flexibility index (Phi) is 4.11. The van der Waals surface area contributed by atoms with Crippen LogP contribution in [0.2, 0.25) is 5.02 Å². The minimum atomic E-state index is 0.540. The van der Waals surface area contributed by atoms with Gasteiger partial charge in [-0.1, -0.05) is 41.9 Å². The number of amidine groups is 1. The third-order valence-corrected chi connectivity index (χ3v) is 3.67. The van der Waals surface area contributed by atoms with Crippen LogP contribution in [0.5, 0.6) is 5.75 Å². The average molecular weight is 314 g/mol. The largest absolute Gasteiger partial charge is 0.494 e. The van der Waals surface area contributed by atoms with Gasteiger partial charge in [0.25, 0.3) is 0 Å². The quantitative estimate of drug-likeness (QED) is 0.921. The molecule has 0 aromatic heterocycles. The maximum absolute atomic E-state index is 6.23. The molecule has 0 atom stereocenters. The number of aliphatic imine (C=N–C) groups is 2. The van der Waals surface area contributed by atoms with Crippen LogP contribution >= 0.6 is 11.6 Å². The van der Waals surface area contributed by atoms with Gasteiger partial charge in [0.15, 0.2) is 0 Å². The van der Waals surface area contributed by atoms with Crippen LogP contribution in [-0.4, -0.2) is 25.2 Å². The van der Waals surface area contributed by atoms with Crippen molar-refractivity contribution in [3.63, 3.8) is 0 Å². The highest BCUT2D eigenvalue weighted by molar-refractivity contribution is 6.32. The van der Waals surface area contributed by atoms with E-state index in [2.05, 4.69) is 4.99 Å². The number of nitrogens with two attached hydrogens (primary N) is 1. The molecule has 22 heavy (non-hydrogen) atoms. The smallest absolute Gasteiger partial charge is 0.146 e. The Labute approximate surface area is 134 Å². The lowest BCUT2D eigenvalue weighted by molar-refractivity contribution is 0.416. The van der Waals surface area contributed by atoms with E-state index in [-0.39, 0.29) is 0 Å². The van der Waals surface area contributed by atoms with Crippen LogP contribution in [-0.2, 0) is 0 Å². The predicted molar refractivity (Wildman–Crippen MR) is 90.9 cm³/mol. The third kappa shape index (κ3) is 2.83. The monoisotopic (exact) mass is 313 g/mol. The van der Waals surface area contributed by atoms with Crippen molar-refractivity contribution in [2.24, 2.45) is 15.7 Å². The molecule has 3 rings (SSSR count). The molecule has 4 nitrogen and oxygen atoms in total. The normalized spacial score (nSPS) is 14.3. The summed E-state index contributed by atoms with van der Waals surface area (Å²) in [4.78, 5) is 9.22. The van der Waals surface area contributed by atoms with Crippen molar-refractivity contribution in [1.29, 1.82) is 0 Å². The highest BCUT2D eigenvalue weighted by Gasteiger charge is 2.19. The van der Waals surface area contributed by atoms with Gasteiger partial charge in [0.1, 0.15) is 17.3 Å². The average Bonchev–Trinajstić information content (AvgIpc) is 2.52. The van der Waals surface area contributed by atoms with Crippen LogP contribution in [0.4, 0.5) is 5.69 Å². The Bertz CT molecular complexity index is 754. The molecule has 1 heterocycles. The molecule has 0 saturated heterocycles. The number of methoxy groups -OCH3 is 1. The van der Waals surface area contributed by atoms with Crippen LogP contribution in [0.25, 0.3) is 0 Å². The Hall–Kier alpha value is -2.33. The molecule has 5 heteroatoms. The summed E-state index contributed by atoms with van der Waals surface area (Å²) in [6, 6.07) is 13.6. The second-order valence-corrected chi connectivity index (χ2v) is 5.39. The molecule has 0 aliphatic carbocycles. The summed E-state index contributed by atoms with van der Waals surface area (Å²) in [5.74, 6) is 1.13. The standard InChI is InChI=1S/C17H16ClN3O/c1-22-14-10-12(18)9-13-16(11-5-3-2-4-6-11)20-8-7-15(19)21-17(13)14/h2-6,9-10H,7-8H2,1H3,(H2,19,21). The first-order valence-corrected chi connectivity index (χ1v) is 7.37. The number of hydrogen-bond donors (Lipinski definition) is 1. The molecule has 0 amide bonds. The van der Waals surface area contributed by atoms with Gasteiger partial charge in [0.05, 0.1) is 12.8 Å². The van der Waals surface area contributed by atoms with E-state index in [1.54, 1.807) is 13.2 Å². The predicted octanol–water partition coefficient (Wildman–Crippen LogP) is 3.58. The number of hydrogen-bond acceptors (Lipinski definition) is 4. The number of fused-ring (bicyclic) bond motifs is 1. The minimum absolute atomic E-state index is 0.540. The van der Waals surface area contributed by atoms with Crippen LogP contribution in [0, 0.1) is 0 Å². The Morgan fingerprint density at radius 1 is 1.18 bits per heavy atom. The summed E-state index contributed by atoms with van der Waals surface area (Å²) in [7, 11) is 1.59.